The van der Waals surface area contributed by atoms with Gasteiger partial charge in [-0.3, -0.25) is 10.1 Å². The predicted molar refractivity (Wildman–Crippen MR) is 110 cm³/mol. The minimum Gasteiger partial charge on any atom is -0.466 e. The van der Waals surface area contributed by atoms with Crippen molar-refractivity contribution < 1.29 is 24.0 Å². The fourth-order valence-corrected chi connectivity index (χ4v) is 3.69. The average Bonchev–Trinajstić information content (AvgIpc) is 3.29. The van der Waals surface area contributed by atoms with E-state index in [1.807, 2.05) is 4.57 Å². The highest BCUT2D eigenvalue weighted by atomic mass is 16.6. The number of imidazole rings is 1. The van der Waals surface area contributed by atoms with Crippen molar-refractivity contribution in [1.29, 1.82) is 0 Å². The number of nitro groups is 1. The molecule has 0 saturated carbocycles. The van der Waals surface area contributed by atoms with Gasteiger partial charge in [-0.1, -0.05) is 18.2 Å². The van der Waals surface area contributed by atoms with E-state index < -0.39 is 22.8 Å². The number of dihydropyridines is 1. The molecule has 3 rings (SSSR count). The molecule has 1 aromatic carbocycles. The van der Waals surface area contributed by atoms with Crippen LogP contribution in [0.25, 0.3) is 0 Å². The molecule has 0 spiro atoms. The van der Waals surface area contributed by atoms with Gasteiger partial charge in [0.15, 0.2) is 0 Å². The van der Waals surface area contributed by atoms with Crippen LogP contribution in [0.2, 0.25) is 0 Å². The minimum absolute atomic E-state index is 0.114. The number of para-hydroxylation sites is 1. The van der Waals surface area contributed by atoms with Crippen molar-refractivity contribution in [2.75, 3.05) is 14.2 Å². The fraction of sp³-hybridized carbons (Fsp3) is 0.286. The molecule has 2 heterocycles. The van der Waals surface area contributed by atoms with Crippen LogP contribution in [-0.2, 0) is 25.6 Å². The van der Waals surface area contributed by atoms with Gasteiger partial charge in [0.2, 0.25) is 0 Å². The van der Waals surface area contributed by atoms with Gasteiger partial charge in [0.05, 0.1) is 42.5 Å². The highest BCUT2D eigenvalue weighted by Gasteiger charge is 2.41. The molecule has 0 aliphatic carbocycles. The van der Waals surface area contributed by atoms with Crippen molar-refractivity contribution in [2.45, 2.75) is 25.8 Å². The quantitative estimate of drug-likeness (QED) is 0.406. The summed E-state index contributed by atoms with van der Waals surface area (Å²) in [5.41, 5.74) is 1.19. The molecule has 10 heteroatoms. The highest BCUT2D eigenvalue weighted by Crippen LogP contribution is 2.43. The van der Waals surface area contributed by atoms with Gasteiger partial charge in [-0.2, -0.15) is 0 Å². The number of nitrogens with one attached hydrogen (secondary N) is 1. The van der Waals surface area contributed by atoms with Crippen LogP contribution in [0.3, 0.4) is 0 Å². The van der Waals surface area contributed by atoms with Crippen molar-refractivity contribution in [3.63, 3.8) is 0 Å². The standard InChI is InChI=1S/C21H22N4O6/c1-13-17(20(26)30-2)18(14-6-4-5-7-16(14)25(28)29)19(21(27)31-3)15(23-13)8-10-24-11-9-22-12-24/h4-7,9,11-12,18,23H,8,10H2,1-3H3. The molecule has 1 aliphatic rings. The number of carbonyl (C=O) groups excluding carboxylic acids is 2. The molecular weight excluding hydrogens is 404 g/mol. The molecule has 0 amide bonds. The van der Waals surface area contributed by atoms with Crippen molar-refractivity contribution in [1.82, 2.24) is 14.9 Å². The van der Waals surface area contributed by atoms with Crippen molar-refractivity contribution in [3.8, 4) is 0 Å². The first-order valence-corrected chi connectivity index (χ1v) is 9.45. The van der Waals surface area contributed by atoms with Crippen molar-refractivity contribution in [3.05, 3.63) is 81.2 Å². The molecule has 162 valence electrons. The number of hydrogen-bond donors (Lipinski definition) is 1. The summed E-state index contributed by atoms with van der Waals surface area (Å²) >= 11 is 0. The zero-order valence-corrected chi connectivity index (χ0v) is 17.3. The summed E-state index contributed by atoms with van der Waals surface area (Å²) in [6.07, 6.45) is 5.44. The van der Waals surface area contributed by atoms with Gasteiger partial charge in [-0.15, -0.1) is 0 Å². The van der Waals surface area contributed by atoms with Gasteiger partial charge < -0.3 is 19.4 Å². The molecule has 2 aromatic rings. The number of aryl methyl sites for hydroxylation is 1. The Labute approximate surface area is 178 Å². The van der Waals surface area contributed by atoms with Crippen molar-refractivity contribution in [2.24, 2.45) is 0 Å². The third kappa shape index (κ3) is 4.32. The molecule has 0 bridgehead atoms. The van der Waals surface area contributed by atoms with Crippen LogP contribution in [0.15, 0.2) is 65.5 Å². The lowest BCUT2D eigenvalue weighted by Crippen LogP contribution is -2.33. The lowest BCUT2D eigenvalue weighted by Gasteiger charge is -2.31. The summed E-state index contributed by atoms with van der Waals surface area (Å²) in [6, 6.07) is 6.01. The van der Waals surface area contributed by atoms with Gasteiger partial charge in [0.25, 0.3) is 5.69 Å². The third-order valence-corrected chi connectivity index (χ3v) is 5.08. The van der Waals surface area contributed by atoms with Gasteiger partial charge in [-0.05, 0) is 6.92 Å². The number of nitro benzene ring substituents is 1. The molecule has 0 radical (unpaired) electrons. The second-order valence-corrected chi connectivity index (χ2v) is 6.84. The highest BCUT2D eigenvalue weighted by molar-refractivity contribution is 6.00. The van der Waals surface area contributed by atoms with E-state index in [9.17, 15) is 19.7 Å². The average molecular weight is 426 g/mol. The van der Waals surface area contributed by atoms with E-state index in [1.165, 1.54) is 32.4 Å². The molecule has 1 atom stereocenters. The van der Waals surface area contributed by atoms with E-state index in [0.717, 1.165) is 0 Å². The lowest BCUT2D eigenvalue weighted by atomic mass is 9.79. The first kappa shape index (κ1) is 21.8. The molecule has 0 saturated heterocycles. The molecule has 1 aliphatic heterocycles. The van der Waals surface area contributed by atoms with Crippen LogP contribution < -0.4 is 5.32 Å². The Bertz CT molecular complexity index is 1070. The molecular formula is C21H22N4O6. The maximum atomic E-state index is 12.9. The largest absolute Gasteiger partial charge is 0.466 e. The molecule has 1 unspecified atom stereocenters. The number of hydrogen-bond acceptors (Lipinski definition) is 8. The van der Waals surface area contributed by atoms with Crippen LogP contribution in [0.4, 0.5) is 5.69 Å². The second kappa shape index (κ2) is 9.24. The fourth-order valence-electron chi connectivity index (χ4n) is 3.69. The smallest absolute Gasteiger partial charge is 0.336 e. The van der Waals surface area contributed by atoms with E-state index in [1.54, 1.807) is 31.7 Å². The number of nitrogens with zero attached hydrogens (tertiary/aromatic N) is 3. The Morgan fingerprint density at radius 2 is 1.87 bits per heavy atom. The van der Waals surface area contributed by atoms with Crippen LogP contribution in [-0.4, -0.2) is 40.6 Å². The van der Waals surface area contributed by atoms with Gasteiger partial charge in [0.1, 0.15) is 0 Å². The third-order valence-electron chi connectivity index (χ3n) is 5.08. The Morgan fingerprint density at radius 3 is 2.48 bits per heavy atom. The van der Waals surface area contributed by atoms with Gasteiger partial charge >= 0.3 is 11.9 Å². The van der Waals surface area contributed by atoms with E-state index in [-0.39, 0.29) is 22.4 Å². The summed E-state index contributed by atoms with van der Waals surface area (Å²) in [5.74, 6) is -2.41. The van der Waals surface area contributed by atoms with E-state index >= 15 is 0 Å². The Kier molecular flexibility index (Phi) is 6.49. The molecule has 1 N–H and O–H groups in total. The maximum absolute atomic E-state index is 12.9. The second-order valence-electron chi connectivity index (χ2n) is 6.84. The maximum Gasteiger partial charge on any atom is 0.336 e. The first-order chi connectivity index (χ1) is 14.9. The number of benzene rings is 1. The first-order valence-electron chi connectivity index (χ1n) is 9.45. The zero-order chi connectivity index (χ0) is 22.5. The number of rotatable bonds is 7. The monoisotopic (exact) mass is 426 g/mol. The number of methoxy groups -OCH3 is 2. The van der Waals surface area contributed by atoms with E-state index in [2.05, 4.69) is 10.3 Å². The normalized spacial score (nSPS) is 16.0. The number of allylic oxidation sites excluding steroid dienone is 2. The van der Waals surface area contributed by atoms with E-state index in [4.69, 9.17) is 9.47 Å². The lowest BCUT2D eigenvalue weighted by molar-refractivity contribution is -0.385. The Morgan fingerprint density at radius 1 is 1.19 bits per heavy atom. The molecule has 1 aromatic heterocycles. The van der Waals surface area contributed by atoms with Crippen molar-refractivity contribution >= 4 is 17.6 Å². The number of carbonyl (C=O) groups is 2. The van der Waals surface area contributed by atoms with Crippen LogP contribution in [0.5, 0.6) is 0 Å². The van der Waals surface area contributed by atoms with Crippen LogP contribution in [0.1, 0.15) is 24.8 Å². The molecule has 10 nitrogen and oxygen atoms in total. The SMILES string of the molecule is COC(=O)C1=C(C)NC(CCn2ccnc2)=C(C(=O)OC)C1c1ccccc1[N+](=O)[O-]. The summed E-state index contributed by atoms with van der Waals surface area (Å²) in [7, 11) is 2.44. The minimum atomic E-state index is -1.03. The summed E-state index contributed by atoms with van der Waals surface area (Å²) in [6.45, 7) is 2.16. The number of ether oxygens (including phenoxy) is 2. The number of esters is 2. The summed E-state index contributed by atoms with van der Waals surface area (Å²) in [5, 5.41) is 14.8. The van der Waals surface area contributed by atoms with Crippen LogP contribution in [0, 0.1) is 10.1 Å². The zero-order valence-electron chi connectivity index (χ0n) is 17.3. The number of aromatic nitrogens is 2. The van der Waals surface area contributed by atoms with Gasteiger partial charge in [-0.25, -0.2) is 14.6 Å². The molecule has 0 fully saturated rings. The Hall–Kier alpha value is -3.95. The van der Waals surface area contributed by atoms with E-state index in [0.29, 0.717) is 24.4 Å². The Balaban J connectivity index is 2.21. The van der Waals surface area contributed by atoms with Crippen LogP contribution >= 0.6 is 0 Å². The topological polar surface area (TPSA) is 126 Å². The summed E-state index contributed by atoms with van der Waals surface area (Å²) < 4.78 is 11.8. The molecule has 31 heavy (non-hydrogen) atoms. The predicted octanol–water partition coefficient (Wildman–Crippen LogP) is 2.44. The summed E-state index contributed by atoms with van der Waals surface area (Å²) in [4.78, 5) is 40.7. The van der Waals surface area contributed by atoms with Gasteiger partial charge in [0, 0.05) is 48.4 Å².